The van der Waals surface area contributed by atoms with Crippen LogP contribution >= 0.6 is 11.3 Å². The van der Waals surface area contributed by atoms with Crippen molar-refractivity contribution in [2.24, 2.45) is 0 Å². The topological polar surface area (TPSA) is 92.9 Å². The first-order valence-corrected chi connectivity index (χ1v) is 10.4. The van der Waals surface area contributed by atoms with Gasteiger partial charge in [0.15, 0.2) is 5.82 Å². The highest BCUT2D eigenvalue weighted by molar-refractivity contribution is 7.15. The number of halogens is 1. The first-order chi connectivity index (χ1) is 14.9. The van der Waals surface area contributed by atoms with Crippen molar-refractivity contribution in [2.45, 2.75) is 13.8 Å². The van der Waals surface area contributed by atoms with Crippen LogP contribution in [0.3, 0.4) is 0 Å². The van der Waals surface area contributed by atoms with Gasteiger partial charge in [-0.25, -0.2) is 19.2 Å². The summed E-state index contributed by atoms with van der Waals surface area (Å²) in [7, 11) is 0. The first-order valence-electron chi connectivity index (χ1n) is 9.53. The van der Waals surface area contributed by atoms with Gasteiger partial charge in [-0.05, 0) is 44.2 Å². The van der Waals surface area contributed by atoms with Crippen molar-refractivity contribution >= 4 is 34.6 Å². The number of nitrogen functional groups attached to an aromatic ring is 1. The number of carbonyl (C=O) groups is 1. The molecule has 2 aromatic heterocycles. The molecular formula is C23H20FN5OS. The van der Waals surface area contributed by atoms with E-state index in [1.165, 1.54) is 17.4 Å². The number of nitrogens with zero attached hydrogens (tertiary/aromatic N) is 2. The number of aryl methyl sites for hydroxylation is 2. The summed E-state index contributed by atoms with van der Waals surface area (Å²) in [5.41, 5.74) is 9.31. The highest BCUT2D eigenvalue weighted by Gasteiger charge is 2.19. The summed E-state index contributed by atoms with van der Waals surface area (Å²) in [4.78, 5) is 21.6. The summed E-state index contributed by atoms with van der Waals surface area (Å²) in [6.45, 7) is 3.82. The Morgan fingerprint density at radius 1 is 1.06 bits per heavy atom. The zero-order valence-electron chi connectivity index (χ0n) is 16.9. The van der Waals surface area contributed by atoms with Crippen molar-refractivity contribution in [3.8, 4) is 21.7 Å². The third-order valence-corrected chi connectivity index (χ3v) is 5.59. The molecule has 8 heteroatoms. The number of rotatable bonds is 4. The number of benzene rings is 2. The van der Waals surface area contributed by atoms with Gasteiger partial charge in [0.2, 0.25) is 0 Å². The summed E-state index contributed by atoms with van der Waals surface area (Å²) >= 11 is 1.37. The monoisotopic (exact) mass is 433 g/mol. The fourth-order valence-electron chi connectivity index (χ4n) is 3.13. The Morgan fingerprint density at radius 3 is 2.58 bits per heavy atom. The van der Waals surface area contributed by atoms with Crippen molar-refractivity contribution in [1.29, 1.82) is 0 Å². The smallest absolute Gasteiger partial charge is 0.323 e. The second kappa shape index (κ2) is 8.53. The van der Waals surface area contributed by atoms with E-state index >= 15 is 4.39 Å². The number of hydrogen-bond donors (Lipinski definition) is 3. The van der Waals surface area contributed by atoms with Crippen LogP contribution in [0.5, 0.6) is 0 Å². The first kappa shape index (κ1) is 20.5. The standard InChI is InChI=1S/C23H20FN5OS/c1-13-6-8-16(9-7-13)28-23(30)29-18-5-3-4-17(20(18)24)22-21(27-14(2)31-22)15-10-11-26-19(25)12-15/h3-12H,1-2H3,(H2,25,26)(H2,28,29,30). The number of nitrogens with two attached hydrogens (primary N) is 1. The molecule has 0 bridgehead atoms. The van der Waals surface area contributed by atoms with E-state index in [1.54, 1.807) is 42.6 Å². The fourth-order valence-corrected chi connectivity index (χ4v) is 4.09. The van der Waals surface area contributed by atoms with E-state index in [2.05, 4.69) is 20.6 Å². The van der Waals surface area contributed by atoms with Gasteiger partial charge in [-0.3, -0.25) is 0 Å². The lowest BCUT2D eigenvalue weighted by molar-refractivity contribution is 0.262. The molecule has 2 aromatic carbocycles. The molecule has 6 nitrogen and oxygen atoms in total. The number of urea groups is 1. The Bertz CT molecular complexity index is 1250. The van der Waals surface area contributed by atoms with Crippen LogP contribution in [0.2, 0.25) is 0 Å². The number of pyridine rings is 1. The third kappa shape index (κ3) is 4.54. The van der Waals surface area contributed by atoms with E-state index in [1.807, 2.05) is 26.0 Å². The highest BCUT2D eigenvalue weighted by atomic mass is 32.1. The Labute approximate surface area is 183 Å². The van der Waals surface area contributed by atoms with Crippen LogP contribution in [0.25, 0.3) is 21.7 Å². The molecule has 0 atom stereocenters. The van der Waals surface area contributed by atoms with Crippen LogP contribution in [-0.4, -0.2) is 16.0 Å². The van der Waals surface area contributed by atoms with Crippen molar-refractivity contribution in [1.82, 2.24) is 9.97 Å². The van der Waals surface area contributed by atoms with Crippen molar-refractivity contribution in [2.75, 3.05) is 16.4 Å². The number of carbonyl (C=O) groups excluding carboxylic acids is 1. The minimum atomic E-state index is -0.534. The largest absolute Gasteiger partial charge is 0.384 e. The van der Waals surface area contributed by atoms with Gasteiger partial charge < -0.3 is 16.4 Å². The zero-order valence-corrected chi connectivity index (χ0v) is 17.8. The lowest BCUT2D eigenvalue weighted by Crippen LogP contribution is -2.20. The van der Waals surface area contributed by atoms with E-state index < -0.39 is 11.8 Å². The summed E-state index contributed by atoms with van der Waals surface area (Å²) in [6, 6.07) is 15.2. The van der Waals surface area contributed by atoms with E-state index in [4.69, 9.17) is 5.73 Å². The molecule has 31 heavy (non-hydrogen) atoms. The van der Waals surface area contributed by atoms with Crippen LogP contribution < -0.4 is 16.4 Å². The van der Waals surface area contributed by atoms with Gasteiger partial charge in [0.1, 0.15) is 5.82 Å². The molecule has 4 rings (SSSR count). The minimum Gasteiger partial charge on any atom is -0.384 e. The molecule has 0 aliphatic rings. The molecule has 156 valence electrons. The SMILES string of the molecule is Cc1ccc(NC(=O)Nc2cccc(-c3sc(C)nc3-c3ccnc(N)c3)c2F)cc1. The average molecular weight is 434 g/mol. The Hall–Kier alpha value is -3.78. The molecule has 0 spiro atoms. The van der Waals surface area contributed by atoms with Crippen LogP contribution in [0, 0.1) is 19.7 Å². The third-order valence-electron chi connectivity index (χ3n) is 4.59. The van der Waals surface area contributed by atoms with Gasteiger partial charge >= 0.3 is 6.03 Å². The molecule has 0 unspecified atom stereocenters. The molecule has 0 radical (unpaired) electrons. The molecular weight excluding hydrogens is 413 g/mol. The molecule has 0 saturated heterocycles. The molecule has 0 aliphatic heterocycles. The number of amides is 2. The molecule has 0 saturated carbocycles. The number of hydrogen-bond acceptors (Lipinski definition) is 5. The van der Waals surface area contributed by atoms with Crippen molar-refractivity contribution < 1.29 is 9.18 Å². The summed E-state index contributed by atoms with van der Waals surface area (Å²) < 4.78 is 15.4. The zero-order chi connectivity index (χ0) is 22.0. The van der Waals surface area contributed by atoms with Crippen LogP contribution in [-0.2, 0) is 0 Å². The van der Waals surface area contributed by atoms with E-state index in [0.29, 0.717) is 27.6 Å². The molecule has 4 aromatic rings. The number of anilines is 3. The summed E-state index contributed by atoms with van der Waals surface area (Å²) in [5, 5.41) is 6.08. The summed E-state index contributed by atoms with van der Waals surface area (Å²) in [5.74, 6) is -0.175. The van der Waals surface area contributed by atoms with Gasteiger partial charge in [-0.15, -0.1) is 11.3 Å². The maximum Gasteiger partial charge on any atom is 0.323 e. The van der Waals surface area contributed by atoms with Crippen molar-refractivity contribution in [3.63, 3.8) is 0 Å². The quantitative estimate of drug-likeness (QED) is 0.376. The average Bonchev–Trinajstić information content (AvgIpc) is 3.13. The second-order valence-corrected chi connectivity index (χ2v) is 8.20. The second-order valence-electron chi connectivity index (χ2n) is 6.99. The van der Waals surface area contributed by atoms with E-state index in [9.17, 15) is 4.79 Å². The molecule has 2 amide bonds. The minimum absolute atomic E-state index is 0.0772. The van der Waals surface area contributed by atoms with Gasteiger partial charge in [0.25, 0.3) is 0 Å². The maximum absolute atomic E-state index is 15.4. The predicted octanol–water partition coefficient (Wildman–Crippen LogP) is 5.85. The number of thiazole rings is 1. The highest BCUT2D eigenvalue weighted by Crippen LogP contribution is 2.39. The predicted molar refractivity (Wildman–Crippen MR) is 124 cm³/mol. The van der Waals surface area contributed by atoms with Crippen molar-refractivity contribution in [3.05, 3.63) is 77.2 Å². The molecule has 2 heterocycles. The fraction of sp³-hybridized carbons (Fsp3) is 0.0870. The van der Waals surface area contributed by atoms with E-state index in [-0.39, 0.29) is 5.69 Å². The maximum atomic E-state index is 15.4. The lowest BCUT2D eigenvalue weighted by atomic mass is 10.1. The van der Waals surface area contributed by atoms with Crippen LogP contribution in [0.4, 0.5) is 26.4 Å². The molecule has 0 aliphatic carbocycles. The van der Waals surface area contributed by atoms with Gasteiger partial charge in [-0.1, -0.05) is 29.8 Å². The van der Waals surface area contributed by atoms with Gasteiger partial charge in [0, 0.05) is 23.0 Å². The molecule has 0 fully saturated rings. The lowest BCUT2D eigenvalue weighted by Gasteiger charge is -2.11. The van der Waals surface area contributed by atoms with Crippen LogP contribution in [0.1, 0.15) is 10.6 Å². The van der Waals surface area contributed by atoms with Gasteiger partial charge in [-0.2, -0.15) is 0 Å². The Kier molecular flexibility index (Phi) is 5.64. The van der Waals surface area contributed by atoms with E-state index in [0.717, 1.165) is 16.1 Å². The number of nitrogens with one attached hydrogen (secondary N) is 2. The van der Waals surface area contributed by atoms with Gasteiger partial charge in [0.05, 0.1) is 21.3 Å². The Balaban J connectivity index is 1.64. The normalized spacial score (nSPS) is 10.7. The summed E-state index contributed by atoms with van der Waals surface area (Å²) in [6.07, 6.45) is 1.59. The molecule has 4 N–H and O–H groups in total. The van der Waals surface area contributed by atoms with Crippen LogP contribution in [0.15, 0.2) is 60.8 Å². The number of aromatic nitrogens is 2. The Morgan fingerprint density at radius 2 is 1.84 bits per heavy atom.